The maximum Gasteiger partial charge on any atom is 0.310 e. The zero-order chi connectivity index (χ0) is 17.8. The maximum absolute atomic E-state index is 12.4. The van der Waals surface area contributed by atoms with Gasteiger partial charge >= 0.3 is 5.69 Å². The fourth-order valence-electron chi connectivity index (χ4n) is 2.57. The van der Waals surface area contributed by atoms with Crippen LogP contribution in [0.15, 0.2) is 53.6 Å². The Labute approximate surface area is 143 Å². The van der Waals surface area contributed by atoms with Gasteiger partial charge in [-0.2, -0.15) is 0 Å². The van der Waals surface area contributed by atoms with E-state index in [9.17, 15) is 14.9 Å². The molecule has 0 aliphatic carbocycles. The molecule has 0 amide bonds. The van der Waals surface area contributed by atoms with Crippen molar-refractivity contribution in [1.82, 2.24) is 9.55 Å². The minimum atomic E-state index is -0.466. The van der Waals surface area contributed by atoms with Crippen molar-refractivity contribution in [2.24, 2.45) is 0 Å². The van der Waals surface area contributed by atoms with E-state index in [1.165, 1.54) is 17.0 Å². The first kappa shape index (κ1) is 16.6. The third-order valence-corrected chi connectivity index (χ3v) is 3.84. The van der Waals surface area contributed by atoms with Crippen LogP contribution in [0.25, 0.3) is 10.9 Å². The van der Waals surface area contributed by atoms with Crippen LogP contribution in [0.2, 0.25) is 0 Å². The number of para-hydroxylation sites is 1. The van der Waals surface area contributed by atoms with Crippen LogP contribution in [0.4, 0.5) is 5.69 Å². The third kappa shape index (κ3) is 3.65. The van der Waals surface area contributed by atoms with E-state index in [1.807, 2.05) is 13.0 Å². The van der Waals surface area contributed by atoms with Gasteiger partial charge in [-0.25, -0.2) is 4.98 Å². The molecule has 0 aliphatic rings. The summed E-state index contributed by atoms with van der Waals surface area (Å²) >= 11 is 0. The van der Waals surface area contributed by atoms with E-state index < -0.39 is 4.92 Å². The molecule has 3 rings (SSSR count). The van der Waals surface area contributed by atoms with Crippen LogP contribution in [-0.2, 0) is 6.54 Å². The van der Waals surface area contributed by atoms with Crippen LogP contribution >= 0.6 is 0 Å². The number of aryl methyl sites for hydroxylation is 2. The Balaban J connectivity index is 1.67. The minimum Gasteiger partial charge on any atom is -0.487 e. The summed E-state index contributed by atoms with van der Waals surface area (Å²) in [6, 6.07) is 11.9. The van der Waals surface area contributed by atoms with Crippen molar-refractivity contribution in [1.29, 1.82) is 0 Å². The summed E-state index contributed by atoms with van der Waals surface area (Å²) in [5.74, 6) is 0.244. The normalized spacial score (nSPS) is 10.8. The molecule has 0 aliphatic heterocycles. The largest absolute Gasteiger partial charge is 0.487 e. The molecule has 2 aromatic carbocycles. The molecule has 128 valence electrons. The lowest BCUT2D eigenvalue weighted by Crippen LogP contribution is -2.21. The average molecular weight is 339 g/mol. The van der Waals surface area contributed by atoms with Gasteiger partial charge in [-0.3, -0.25) is 19.5 Å². The van der Waals surface area contributed by atoms with Gasteiger partial charge < -0.3 is 4.74 Å². The Kier molecular flexibility index (Phi) is 4.74. The number of hydrogen-bond acceptors (Lipinski definition) is 5. The van der Waals surface area contributed by atoms with E-state index in [4.69, 9.17) is 4.74 Å². The van der Waals surface area contributed by atoms with Crippen LogP contribution < -0.4 is 10.3 Å². The van der Waals surface area contributed by atoms with Crippen molar-refractivity contribution in [3.8, 4) is 5.75 Å². The van der Waals surface area contributed by atoms with E-state index in [0.717, 1.165) is 5.56 Å². The average Bonchev–Trinajstić information content (AvgIpc) is 2.60. The molecule has 0 bridgehead atoms. The molecule has 0 radical (unpaired) electrons. The van der Waals surface area contributed by atoms with Gasteiger partial charge in [0.05, 0.1) is 28.8 Å². The minimum absolute atomic E-state index is 0.0601. The van der Waals surface area contributed by atoms with Gasteiger partial charge in [0.1, 0.15) is 0 Å². The van der Waals surface area contributed by atoms with Gasteiger partial charge in [0.2, 0.25) is 0 Å². The first-order valence-electron chi connectivity index (χ1n) is 7.88. The Hall–Kier alpha value is -3.22. The molecule has 0 saturated heterocycles. The highest BCUT2D eigenvalue weighted by Crippen LogP contribution is 2.27. The van der Waals surface area contributed by atoms with Crippen molar-refractivity contribution in [2.75, 3.05) is 6.61 Å². The molecule has 0 N–H and O–H groups in total. The fourth-order valence-corrected chi connectivity index (χ4v) is 2.57. The second kappa shape index (κ2) is 7.12. The van der Waals surface area contributed by atoms with Crippen molar-refractivity contribution < 1.29 is 9.66 Å². The van der Waals surface area contributed by atoms with Gasteiger partial charge in [0.15, 0.2) is 5.75 Å². The molecule has 3 aromatic rings. The van der Waals surface area contributed by atoms with Gasteiger partial charge in [0.25, 0.3) is 5.56 Å². The lowest BCUT2D eigenvalue weighted by molar-refractivity contribution is -0.385. The number of rotatable bonds is 6. The maximum atomic E-state index is 12.4. The number of benzene rings is 2. The van der Waals surface area contributed by atoms with Gasteiger partial charge in [-0.05, 0) is 37.1 Å². The summed E-state index contributed by atoms with van der Waals surface area (Å²) in [5.41, 5.74) is 1.38. The molecular weight excluding hydrogens is 322 g/mol. The zero-order valence-corrected chi connectivity index (χ0v) is 13.7. The van der Waals surface area contributed by atoms with Gasteiger partial charge in [-0.15, -0.1) is 0 Å². The summed E-state index contributed by atoms with van der Waals surface area (Å²) in [5, 5.41) is 11.6. The summed E-state index contributed by atoms with van der Waals surface area (Å²) in [6.07, 6.45) is 2.05. The number of nitro benzene ring substituents is 1. The number of fused-ring (bicyclic) bond motifs is 1. The van der Waals surface area contributed by atoms with Crippen LogP contribution in [0.1, 0.15) is 12.0 Å². The topological polar surface area (TPSA) is 87.3 Å². The van der Waals surface area contributed by atoms with Crippen molar-refractivity contribution in [3.63, 3.8) is 0 Å². The van der Waals surface area contributed by atoms with E-state index in [2.05, 4.69) is 4.98 Å². The monoisotopic (exact) mass is 339 g/mol. The Morgan fingerprint density at radius 2 is 2.04 bits per heavy atom. The fraction of sp³-hybridized carbons (Fsp3) is 0.222. The van der Waals surface area contributed by atoms with Gasteiger partial charge in [-0.1, -0.05) is 18.2 Å². The molecule has 0 spiro atoms. The summed E-state index contributed by atoms with van der Waals surface area (Å²) in [4.78, 5) is 27.2. The molecule has 25 heavy (non-hydrogen) atoms. The first-order valence-corrected chi connectivity index (χ1v) is 7.88. The number of ether oxygens (including phenoxy) is 1. The number of nitro groups is 1. The molecule has 0 unspecified atom stereocenters. The van der Waals surface area contributed by atoms with Crippen LogP contribution in [0.3, 0.4) is 0 Å². The molecule has 0 saturated carbocycles. The molecule has 1 heterocycles. The lowest BCUT2D eigenvalue weighted by atomic mass is 10.2. The standard InChI is InChI=1S/C18H17N3O4/c1-13-7-8-16(21(23)24)17(11-13)25-10-4-9-20-12-19-15-6-3-2-5-14(15)18(20)22/h2-3,5-8,11-12H,4,9-10H2,1H3. The second-order valence-electron chi connectivity index (χ2n) is 5.69. The summed E-state index contributed by atoms with van der Waals surface area (Å²) in [7, 11) is 0. The number of aromatic nitrogens is 2. The van der Waals surface area contributed by atoms with E-state index >= 15 is 0 Å². The van der Waals surface area contributed by atoms with Crippen molar-refractivity contribution in [2.45, 2.75) is 19.9 Å². The highest BCUT2D eigenvalue weighted by Gasteiger charge is 2.14. The smallest absolute Gasteiger partial charge is 0.310 e. The molecule has 0 fully saturated rings. The molecular formula is C18H17N3O4. The molecule has 7 heteroatoms. The quantitative estimate of drug-likeness (QED) is 0.391. The lowest BCUT2D eigenvalue weighted by Gasteiger charge is -2.09. The van der Waals surface area contributed by atoms with Gasteiger partial charge in [0, 0.05) is 12.6 Å². The molecule has 1 aromatic heterocycles. The van der Waals surface area contributed by atoms with E-state index in [1.54, 1.807) is 30.3 Å². The Morgan fingerprint density at radius 3 is 2.84 bits per heavy atom. The predicted molar refractivity (Wildman–Crippen MR) is 93.9 cm³/mol. The Bertz CT molecular complexity index is 981. The number of hydrogen-bond donors (Lipinski definition) is 0. The third-order valence-electron chi connectivity index (χ3n) is 3.84. The Morgan fingerprint density at radius 1 is 1.24 bits per heavy atom. The summed E-state index contributed by atoms with van der Waals surface area (Å²) in [6.45, 7) is 2.54. The van der Waals surface area contributed by atoms with Crippen LogP contribution in [0, 0.1) is 17.0 Å². The van der Waals surface area contributed by atoms with E-state index in [0.29, 0.717) is 23.9 Å². The molecule has 0 atom stereocenters. The van der Waals surface area contributed by atoms with Crippen molar-refractivity contribution >= 4 is 16.6 Å². The second-order valence-corrected chi connectivity index (χ2v) is 5.69. The molecule has 7 nitrogen and oxygen atoms in total. The van der Waals surface area contributed by atoms with Crippen LogP contribution in [-0.4, -0.2) is 21.1 Å². The number of nitrogens with zero attached hydrogens (tertiary/aromatic N) is 3. The van der Waals surface area contributed by atoms with E-state index in [-0.39, 0.29) is 23.6 Å². The predicted octanol–water partition coefficient (Wildman–Crippen LogP) is 3.08. The van der Waals surface area contributed by atoms with Crippen molar-refractivity contribution in [3.05, 3.63) is 74.8 Å². The summed E-state index contributed by atoms with van der Waals surface area (Å²) < 4.78 is 7.08. The highest BCUT2D eigenvalue weighted by atomic mass is 16.6. The SMILES string of the molecule is Cc1ccc([N+](=O)[O-])c(OCCCn2cnc3ccccc3c2=O)c1. The zero-order valence-electron chi connectivity index (χ0n) is 13.7. The highest BCUT2D eigenvalue weighted by molar-refractivity contribution is 5.76. The van der Waals surface area contributed by atoms with Crippen LogP contribution in [0.5, 0.6) is 5.75 Å². The first-order chi connectivity index (χ1) is 12.1.